The van der Waals surface area contributed by atoms with Crippen LogP contribution in [0.15, 0.2) is 36.4 Å². The van der Waals surface area contributed by atoms with Crippen molar-refractivity contribution in [2.45, 2.75) is 0 Å². The summed E-state index contributed by atoms with van der Waals surface area (Å²) in [7, 11) is 0. The third kappa shape index (κ3) is 3.55. The van der Waals surface area contributed by atoms with Gasteiger partial charge < -0.3 is 5.32 Å². The second-order valence-electron chi connectivity index (χ2n) is 4.27. The van der Waals surface area contributed by atoms with E-state index in [4.69, 9.17) is 23.2 Å². The molecule has 0 bridgehead atoms. The molecule has 2 rings (SSSR count). The summed E-state index contributed by atoms with van der Waals surface area (Å²) >= 11 is 11.7. The maximum Gasteiger partial charge on any atom is 0.295 e. The molecule has 0 spiro atoms. The van der Waals surface area contributed by atoms with Crippen molar-refractivity contribution in [2.24, 2.45) is 0 Å². The van der Waals surface area contributed by atoms with Crippen LogP contribution in [0.3, 0.4) is 0 Å². The lowest BCUT2D eigenvalue weighted by atomic mass is 10.1. The number of carbonyl (C=O) groups is 1. The monoisotopic (exact) mass is 355 g/mol. The Bertz CT molecular complexity index is 825. The molecule has 0 radical (unpaired) electrons. The van der Waals surface area contributed by atoms with E-state index in [-0.39, 0.29) is 10.7 Å². The molecule has 0 aliphatic carbocycles. The van der Waals surface area contributed by atoms with Crippen molar-refractivity contribution in [1.82, 2.24) is 0 Å². The van der Waals surface area contributed by atoms with Gasteiger partial charge in [0.25, 0.3) is 17.3 Å². The van der Waals surface area contributed by atoms with Gasteiger partial charge in [-0.3, -0.25) is 25.0 Å². The fourth-order valence-corrected chi connectivity index (χ4v) is 2.20. The van der Waals surface area contributed by atoms with Gasteiger partial charge in [0, 0.05) is 6.07 Å². The highest BCUT2D eigenvalue weighted by Gasteiger charge is 2.26. The lowest BCUT2D eigenvalue weighted by Crippen LogP contribution is -2.14. The van der Waals surface area contributed by atoms with E-state index in [9.17, 15) is 25.0 Å². The summed E-state index contributed by atoms with van der Waals surface area (Å²) in [5.74, 6) is -0.852. The topological polar surface area (TPSA) is 115 Å². The molecule has 2 aromatic rings. The van der Waals surface area contributed by atoms with Gasteiger partial charge in [-0.15, -0.1) is 0 Å². The first-order chi connectivity index (χ1) is 10.8. The second kappa shape index (κ2) is 6.59. The highest BCUT2D eigenvalue weighted by molar-refractivity contribution is 6.37. The Labute approximate surface area is 138 Å². The number of non-ortho nitro benzene ring substituents is 1. The zero-order chi connectivity index (χ0) is 17.1. The van der Waals surface area contributed by atoms with Crippen LogP contribution in [-0.4, -0.2) is 15.8 Å². The summed E-state index contributed by atoms with van der Waals surface area (Å²) in [6.07, 6.45) is 0. The molecule has 1 N–H and O–H groups in total. The SMILES string of the molecule is O=C(Nc1ccccc1Cl)c1cc([N+](=O)[O-])cc([N+](=O)[O-])c1Cl. The van der Waals surface area contributed by atoms with Crippen molar-refractivity contribution >= 4 is 46.2 Å². The number of nitro groups is 2. The van der Waals surface area contributed by atoms with Crippen molar-refractivity contribution in [3.63, 3.8) is 0 Å². The van der Waals surface area contributed by atoms with Crippen molar-refractivity contribution in [3.8, 4) is 0 Å². The van der Waals surface area contributed by atoms with E-state index in [2.05, 4.69) is 5.32 Å². The fourth-order valence-electron chi connectivity index (χ4n) is 1.75. The fraction of sp³-hybridized carbons (Fsp3) is 0. The van der Waals surface area contributed by atoms with Crippen LogP contribution in [0, 0.1) is 20.2 Å². The summed E-state index contributed by atoms with van der Waals surface area (Å²) in [6.45, 7) is 0. The smallest absolute Gasteiger partial charge is 0.295 e. The molecule has 0 unspecified atom stereocenters. The largest absolute Gasteiger partial charge is 0.321 e. The quantitative estimate of drug-likeness (QED) is 0.655. The van der Waals surface area contributed by atoms with Crippen LogP contribution in [0.5, 0.6) is 0 Å². The van der Waals surface area contributed by atoms with Crippen LogP contribution in [-0.2, 0) is 0 Å². The summed E-state index contributed by atoms with van der Waals surface area (Å²) in [5, 5.41) is 23.9. The first-order valence-corrected chi connectivity index (χ1v) is 6.75. The van der Waals surface area contributed by atoms with Gasteiger partial charge in [0.1, 0.15) is 5.02 Å². The van der Waals surface area contributed by atoms with E-state index in [0.29, 0.717) is 6.07 Å². The molecule has 1 amide bonds. The van der Waals surface area contributed by atoms with E-state index in [1.807, 2.05) is 0 Å². The minimum absolute atomic E-state index is 0.233. The average molecular weight is 356 g/mol. The number of halogens is 2. The van der Waals surface area contributed by atoms with Gasteiger partial charge >= 0.3 is 0 Å². The lowest BCUT2D eigenvalue weighted by molar-refractivity contribution is -0.394. The number of carbonyl (C=O) groups excluding carboxylic acids is 1. The van der Waals surface area contributed by atoms with Crippen molar-refractivity contribution in [1.29, 1.82) is 0 Å². The highest BCUT2D eigenvalue weighted by atomic mass is 35.5. The van der Waals surface area contributed by atoms with Gasteiger partial charge in [-0.25, -0.2) is 0 Å². The number of amides is 1. The minimum Gasteiger partial charge on any atom is -0.321 e. The van der Waals surface area contributed by atoms with Crippen LogP contribution in [0.25, 0.3) is 0 Å². The van der Waals surface area contributed by atoms with Crippen LogP contribution < -0.4 is 5.32 Å². The predicted octanol–water partition coefficient (Wildman–Crippen LogP) is 4.06. The average Bonchev–Trinajstić information content (AvgIpc) is 2.49. The normalized spacial score (nSPS) is 10.2. The standard InChI is InChI=1S/C13H7Cl2N3O5/c14-9-3-1-2-4-10(9)16-13(19)8-5-7(17(20)21)6-11(12(8)15)18(22)23/h1-6H,(H,16,19). The number of rotatable bonds is 4. The maximum atomic E-state index is 12.2. The molecule has 10 heteroatoms. The van der Waals surface area contributed by atoms with Crippen LogP contribution in [0.1, 0.15) is 10.4 Å². The van der Waals surface area contributed by atoms with E-state index >= 15 is 0 Å². The number of nitro benzene ring substituents is 2. The molecule has 0 aliphatic rings. The Balaban J connectivity index is 2.49. The number of nitrogens with zero attached hydrogens (tertiary/aromatic N) is 2. The van der Waals surface area contributed by atoms with Gasteiger partial charge in [0.15, 0.2) is 0 Å². The minimum atomic E-state index is -0.901. The number of hydrogen-bond donors (Lipinski definition) is 1. The zero-order valence-electron chi connectivity index (χ0n) is 11.2. The Kier molecular flexibility index (Phi) is 4.77. The molecule has 0 saturated carbocycles. The maximum absolute atomic E-state index is 12.2. The summed E-state index contributed by atoms with van der Waals surface area (Å²) in [6, 6.07) is 7.83. The molecule has 0 aromatic heterocycles. The number of benzene rings is 2. The first kappa shape index (κ1) is 16.7. The third-order valence-electron chi connectivity index (χ3n) is 2.81. The molecule has 23 heavy (non-hydrogen) atoms. The molecule has 8 nitrogen and oxygen atoms in total. The molecule has 0 aliphatic heterocycles. The number of para-hydroxylation sites is 1. The predicted molar refractivity (Wildman–Crippen MR) is 84.2 cm³/mol. The molecular formula is C13H7Cl2N3O5. The number of nitrogens with one attached hydrogen (secondary N) is 1. The molecular weight excluding hydrogens is 349 g/mol. The zero-order valence-corrected chi connectivity index (χ0v) is 12.7. The Morgan fingerprint density at radius 1 is 1.04 bits per heavy atom. The molecule has 0 heterocycles. The van der Waals surface area contributed by atoms with E-state index < -0.39 is 37.7 Å². The van der Waals surface area contributed by atoms with Crippen molar-refractivity contribution in [2.75, 3.05) is 5.32 Å². The van der Waals surface area contributed by atoms with E-state index in [1.165, 1.54) is 12.1 Å². The molecule has 0 atom stereocenters. The van der Waals surface area contributed by atoms with Gasteiger partial charge in [0.05, 0.1) is 32.2 Å². The van der Waals surface area contributed by atoms with Crippen molar-refractivity contribution < 1.29 is 14.6 Å². The van der Waals surface area contributed by atoms with Crippen LogP contribution >= 0.6 is 23.2 Å². The lowest BCUT2D eigenvalue weighted by Gasteiger charge is -2.08. The highest BCUT2D eigenvalue weighted by Crippen LogP contribution is 2.33. The Morgan fingerprint density at radius 3 is 2.26 bits per heavy atom. The van der Waals surface area contributed by atoms with Gasteiger partial charge in [-0.1, -0.05) is 35.3 Å². The number of anilines is 1. The Hall–Kier alpha value is -2.71. The van der Waals surface area contributed by atoms with Crippen LogP contribution in [0.4, 0.5) is 17.1 Å². The van der Waals surface area contributed by atoms with Gasteiger partial charge in [-0.05, 0) is 12.1 Å². The molecule has 0 fully saturated rings. The van der Waals surface area contributed by atoms with Gasteiger partial charge in [0.2, 0.25) is 0 Å². The van der Waals surface area contributed by atoms with E-state index in [1.54, 1.807) is 12.1 Å². The summed E-state index contributed by atoms with van der Waals surface area (Å²) < 4.78 is 0. The van der Waals surface area contributed by atoms with Crippen molar-refractivity contribution in [3.05, 3.63) is 72.2 Å². The third-order valence-corrected chi connectivity index (χ3v) is 3.54. The first-order valence-electron chi connectivity index (χ1n) is 5.99. The second-order valence-corrected chi connectivity index (χ2v) is 5.06. The summed E-state index contributed by atoms with van der Waals surface area (Å²) in [5.41, 5.74) is -1.51. The van der Waals surface area contributed by atoms with Gasteiger partial charge in [-0.2, -0.15) is 0 Å². The van der Waals surface area contributed by atoms with Crippen LogP contribution in [0.2, 0.25) is 10.0 Å². The molecule has 118 valence electrons. The number of hydrogen-bond acceptors (Lipinski definition) is 5. The molecule has 0 saturated heterocycles. The Morgan fingerprint density at radius 2 is 1.70 bits per heavy atom. The summed E-state index contributed by atoms with van der Waals surface area (Å²) in [4.78, 5) is 32.3. The molecule has 2 aromatic carbocycles. The van der Waals surface area contributed by atoms with E-state index in [0.717, 1.165) is 6.07 Å².